The molecule has 2 aromatic carbocycles. The van der Waals surface area contributed by atoms with Gasteiger partial charge in [0.15, 0.2) is 5.69 Å². The summed E-state index contributed by atoms with van der Waals surface area (Å²) in [7, 11) is 0. The Morgan fingerprint density at radius 1 is 1.21 bits per heavy atom. The SMILES string of the molecule is CCC(=O)N1c2ccc(C)cc2-c2nnc(SC)nc2O[C@H]1c1ccc(Cl)cc1. The Bertz CT molecular complexity index is 1070. The molecule has 6 nitrogen and oxygen atoms in total. The van der Waals surface area contributed by atoms with E-state index in [0.29, 0.717) is 33.9 Å². The van der Waals surface area contributed by atoms with Crippen LogP contribution >= 0.6 is 23.4 Å². The predicted molar refractivity (Wildman–Crippen MR) is 114 cm³/mol. The Morgan fingerprint density at radius 3 is 2.66 bits per heavy atom. The predicted octanol–water partition coefficient (Wildman–Crippen LogP) is 5.06. The van der Waals surface area contributed by atoms with Crippen molar-refractivity contribution >= 4 is 35.0 Å². The van der Waals surface area contributed by atoms with Crippen molar-refractivity contribution in [3.05, 3.63) is 58.6 Å². The molecular weight excluding hydrogens is 408 g/mol. The number of nitrogens with zero attached hydrogens (tertiary/aromatic N) is 4. The van der Waals surface area contributed by atoms with E-state index < -0.39 is 6.23 Å². The summed E-state index contributed by atoms with van der Waals surface area (Å²) in [6.07, 6.45) is 1.50. The minimum atomic E-state index is -0.700. The average Bonchev–Trinajstić information content (AvgIpc) is 2.87. The number of ether oxygens (including phenoxy) is 1. The number of carbonyl (C=O) groups is 1. The topological polar surface area (TPSA) is 68.2 Å². The summed E-state index contributed by atoms with van der Waals surface area (Å²) in [5.41, 5.74) is 3.84. The van der Waals surface area contributed by atoms with E-state index in [0.717, 1.165) is 16.7 Å². The van der Waals surface area contributed by atoms with Gasteiger partial charge in [0.25, 0.3) is 0 Å². The van der Waals surface area contributed by atoms with Crippen LogP contribution in [0.5, 0.6) is 5.88 Å². The molecule has 29 heavy (non-hydrogen) atoms. The maximum atomic E-state index is 13.1. The Morgan fingerprint density at radius 2 is 1.97 bits per heavy atom. The number of halogens is 1. The lowest BCUT2D eigenvalue weighted by Crippen LogP contribution is -2.37. The van der Waals surface area contributed by atoms with Crippen molar-refractivity contribution in [1.82, 2.24) is 15.2 Å². The Labute approximate surface area is 178 Å². The van der Waals surface area contributed by atoms with E-state index in [1.807, 2.05) is 50.4 Å². The van der Waals surface area contributed by atoms with Crippen LogP contribution in [-0.4, -0.2) is 27.3 Å². The highest BCUT2D eigenvalue weighted by Gasteiger charge is 2.35. The molecule has 0 fully saturated rings. The maximum absolute atomic E-state index is 13.1. The van der Waals surface area contributed by atoms with E-state index in [9.17, 15) is 4.79 Å². The number of aromatic nitrogens is 3. The number of aryl methyl sites for hydroxylation is 1. The molecule has 0 bridgehead atoms. The zero-order valence-corrected chi connectivity index (χ0v) is 17.8. The number of amides is 1. The van der Waals surface area contributed by atoms with Crippen molar-refractivity contribution in [2.24, 2.45) is 0 Å². The van der Waals surface area contributed by atoms with Crippen molar-refractivity contribution in [1.29, 1.82) is 0 Å². The molecule has 0 radical (unpaired) electrons. The summed E-state index contributed by atoms with van der Waals surface area (Å²) in [6, 6.07) is 13.1. The van der Waals surface area contributed by atoms with Crippen LogP contribution in [0.25, 0.3) is 11.3 Å². The van der Waals surface area contributed by atoms with Gasteiger partial charge in [-0.15, -0.1) is 10.2 Å². The summed E-state index contributed by atoms with van der Waals surface area (Å²) in [4.78, 5) is 19.3. The number of fused-ring (bicyclic) bond motifs is 3. The first-order valence-electron chi connectivity index (χ1n) is 9.15. The van der Waals surface area contributed by atoms with Crippen LogP contribution in [0.2, 0.25) is 5.02 Å². The molecule has 0 aliphatic carbocycles. The van der Waals surface area contributed by atoms with Crippen molar-refractivity contribution in [3.8, 4) is 17.1 Å². The highest BCUT2D eigenvalue weighted by molar-refractivity contribution is 7.98. The van der Waals surface area contributed by atoms with Gasteiger partial charge in [0.2, 0.25) is 23.2 Å². The average molecular weight is 427 g/mol. The number of benzene rings is 2. The van der Waals surface area contributed by atoms with Crippen LogP contribution in [-0.2, 0) is 4.79 Å². The maximum Gasteiger partial charge on any atom is 0.247 e. The minimum Gasteiger partial charge on any atom is -0.447 e. The molecule has 0 saturated carbocycles. The fourth-order valence-electron chi connectivity index (χ4n) is 3.25. The van der Waals surface area contributed by atoms with Crippen molar-refractivity contribution < 1.29 is 9.53 Å². The Kier molecular flexibility index (Phi) is 5.43. The molecular formula is C21H19ClN4O2S. The van der Waals surface area contributed by atoms with E-state index >= 15 is 0 Å². The fourth-order valence-corrected chi connectivity index (χ4v) is 3.67. The third-order valence-electron chi connectivity index (χ3n) is 4.67. The molecule has 148 valence electrons. The molecule has 1 amide bonds. The first kappa shape index (κ1) is 19.7. The van der Waals surface area contributed by atoms with Gasteiger partial charge in [-0.3, -0.25) is 9.69 Å². The van der Waals surface area contributed by atoms with Crippen molar-refractivity contribution in [3.63, 3.8) is 0 Å². The zero-order valence-electron chi connectivity index (χ0n) is 16.2. The molecule has 1 aliphatic rings. The molecule has 0 saturated heterocycles. The summed E-state index contributed by atoms with van der Waals surface area (Å²) in [5, 5.41) is 9.67. The van der Waals surface area contributed by atoms with Crippen LogP contribution in [0, 0.1) is 6.92 Å². The molecule has 0 unspecified atom stereocenters. The standard InChI is InChI=1S/C21H19ClN4O2S/c1-4-17(27)26-16-10-5-12(2)11-15(16)18-19(23-21(29-3)25-24-18)28-20(26)13-6-8-14(22)9-7-13/h5-11,20H,4H2,1-3H3/t20-/m0/s1. The molecule has 1 aliphatic heterocycles. The van der Waals surface area contributed by atoms with Gasteiger partial charge >= 0.3 is 0 Å². The number of thioether (sulfide) groups is 1. The lowest BCUT2D eigenvalue weighted by atomic mass is 10.0. The van der Waals surface area contributed by atoms with Gasteiger partial charge in [-0.05, 0) is 37.4 Å². The van der Waals surface area contributed by atoms with Gasteiger partial charge in [-0.25, -0.2) is 0 Å². The van der Waals surface area contributed by atoms with Crippen LogP contribution in [0.4, 0.5) is 5.69 Å². The Hall–Kier alpha value is -2.64. The second-order valence-corrected chi connectivity index (χ2v) is 7.82. The van der Waals surface area contributed by atoms with Crippen LogP contribution < -0.4 is 9.64 Å². The molecule has 4 rings (SSSR count). The highest BCUT2D eigenvalue weighted by Crippen LogP contribution is 2.44. The summed E-state index contributed by atoms with van der Waals surface area (Å²) in [6.45, 7) is 3.82. The van der Waals surface area contributed by atoms with Gasteiger partial charge in [-0.2, -0.15) is 4.98 Å². The smallest absolute Gasteiger partial charge is 0.247 e. The van der Waals surface area contributed by atoms with E-state index in [4.69, 9.17) is 16.3 Å². The summed E-state index contributed by atoms with van der Waals surface area (Å²) >= 11 is 7.45. The molecule has 0 spiro atoms. The Balaban J connectivity index is 1.99. The normalized spacial score (nSPS) is 15.2. The molecule has 0 N–H and O–H groups in total. The van der Waals surface area contributed by atoms with Crippen LogP contribution in [0.15, 0.2) is 47.6 Å². The van der Waals surface area contributed by atoms with E-state index in [1.165, 1.54) is 11.8 Å². The zero-order chi connectivity index (χ0) is 20.5. The van der Waals surface area contributed by atoms with Crippen molar-refractivity contribution in [2.75, 3.05) is 11.2 Å². The molecule has 2 heterocycles. The third kappa shape index (κ3) is 3.68. The molecule has 8 heteroatoms. The third-order valence-corrected chi connectivity index (χ3v) is 5.46. The van der Waals surface area contributed by atoms with Gasteiger partial charge in [-0.1, -0.05) is 54.0 Å². The number of anilines is 1. The summed E-state index contributed by atoms with van der Waals surface area (Å²) < 4.78 is 6.32. The highest BCUT2D eigenvalue weighted by atomic mass is 35.5. The quantitative estimate of drug-likeness (QED) is 0.545. The summed E-state index contributed by atoms with van der Waals surface area (Å²) in [5.74, 6) is 0.281. The number of carbonyl (C=O) groups excluding carboxylic acids is 1. The first-order valence-corrected chi connectivity index (χ1v) is 10.8. The van der Waals surface area contributed by atoms with Gasteiger partial charge in [0.05, 0.1) is 5.69 Å². The van der Waals surface area contributed by atoms with Gasteiger partial charge in [0, 0.05) is 22.6 Å². The van der Waals surface area contributed by atoms with E-state index in [2.05, 4.69) is 15.2 Å². The van der Waals surface area contributed by atoms with E-state index in [1.54, 1.807) is 17.0 Å². The largest absolute Gasteiger partial charge is 0.447 e. The van der Waals surface area contributed by atoms with Gasteiger partial charge < -0.3 is 4.74 Å². The minimum absolute atomic E-state index is 0.0686. The van der Waals surface area contributed by atoms with Crippen LogP contribution in [0.1, 0.15) is 30.7 Å². The monoisotopic (exact) mass is 426 g/mol. The lowest BCUT2D eigenvalue weighted by molar-refractivity contribution is -0.120. The lowest BCUT2D eigenvalue weighted by Gasteiger charge is -2.30. The van der Waals surface area contributed by atoms with Gasteiger partial charge in [0.1, 0.15) is 0 Å². The van der Waals surface area contributed by atoms with Crippen molar-refractivity contribution in [2.45, 2.75) is 31.7 Å². The number of hydrogen-bond donors (Lipinski definition) is 0. The fraction of sp³-hybridized carbons (Fsp3) is 0.238. The van der Waals surface area contributed by atoms with E-state index in [-0.39, 0.29) is 5.91 Å². The first-order chi connectivity index (χ1) is 14.0. The molecule has 1 aromatic heterocycles. The molecule has 1 atom stereocenters. The number of rotatable bonds is 3. The number of hydrogen-bond acceptors (Lipinski definition) is 6. The second-order valence-electron chi connectivity index (χ2n) is 6.61. The van der Waals surface area contributed by atoms with Crippen LogP contribution in [0.3, 0.4) is 0 Å². The second kappa shape index (κ2) is 8.00. The molecule has 3 aromatic rings.